The predicted octanol–water partition coefficient (Wildman–Crippen LogP) is 4.24. The summed E-state index contributed by atoms with van der Waals surface area (Å²) in [5.41, 5.74) is 2.19. The standard InChI is InChI=1S/C18H20BrN3O2/c1-2-4-17(23)21-15-5-3-6-16(11-15)22-18(24)12-20-14-9-7-13(19)8-10-14/h3,5-11,20H,2,4,12H2,1H3,(H,21,23)(H,22,24). The number of amides is 2. The van der Waals surface area contributed by atoms with E-state index in [1.54, 1.807) is 24.3 Å². The molecule has 2 amide bonds. The van der Waals surface area contributed by atoms with Crippen molar-refractivity contribution in [1.82, 2.24) is 0 Å². The van der Waals surface area contributed by atoms with E-state index in [9.17, 15) is 9.59 Å². The smallest absolute Gasteiger partial charge is 0.243 e. The normalized spacial score (nSPS) is 10.1. The van der Waals surface area contributed by atoms with Crippen molar-refractivity contribution >= 4 is 44.8 Å². The van der Waals surface area contributed by atoms with E-state index in [1.165, 1.54) is 0 Å². The third-order valence-electron chi connectivity index (χ3n) is 3.20. The second-order valence-corrected chi connectivity index (χ2v) is 6.20. The molecule has 0 aliphatic heterocycles. The second-order valence-electron chi connectivity index (χ2n) is 5.29. The number of hydrogen-bond donors (Lipinski definition) is 3. The molecule has 126 valence electrons. The monoisotopic (exact) mass is 389 g/mol. The summed E-state index contributed by atoms with van der Waals surface area (Å²) in [6.45, 7) is 2.11. The summed E-state index contributed by atoms with van der Waals surface area (Å²) in [6, 6.07) is 14.7. The molecule has 6 heteroatoms. The summed E-state index contributed by atoms with van der Waals surface area (Å²) in [7, 11) is 0. The molecule has 0 fully saturated rings. The van der Waals surface area contributed by atoms with Crippen molar-refractivity contribution in [2.75, 3.05) is 22.5 Å². The van der Waals surface area contributed by atoms with Crippen LogP contribution in [0.4, 0.5) is 17.1 Å². The van der Waals surface area contributed by atoms with E-state index in [2.05, 4.69) is 31.9 Å². The highest BCUT2D eigenvalue weighted by Gasteiger charge is 2.05. The number of halogens is 1. The SMILES string of the molecule is CCCC(=O)Nc1cccc(NC(=O)CNc2ccc(Br)cc2)c1. The molecule has 3 N–H and O–H groups in total. The van der Waals surface area contributed by atoms with Crippen molar-refractivity contribution in [3.63, 3.8) is 0 Å². The van der Waals surface area contributed by atoms with E-state index in [4.69, 9.17) is 0 Å². The van der Waals surface area contributed by atoms with E-state index in [-0.39, 0.29) is 18.4 Å². The average molecular weight is 390 g/mol. The van der Waals surface area contributed by atoms with Crippen LogP contribution in [0.5, 0.6) is 0 Å². The van der Waals surface area contributed by atoms with Gasteiger partial charge in [0.05, 0.1) is 6.54 Å². The Balaban J connectivity index is 1.87. The van der Waals surface area contributed by atoms with Crippen LogP contribution in [0, 0.1) is 0 Å². The molecule has 0 aliphatic rings. The minimum absolute atomic E-state index is 0.0297. The molecule has 2 aromatic carbocycles. The zero-order valence-electron chi connectivity index (χ0n) is 13.4. The highest BCUT2D eigenvalue weighted by Crippen LogP contribution is 2.16. The van der Waals surface area contributed by atoms with Gasteiger partial charge in [-0.2, -0.15) is 0 Å². The molecule has 0 saturated heterocycles. The first-order chi connectivity index (χ1) is 11.6. The first-order valence-corrected chi connectivity index (χ1v) is 8.55. The van der Waals surface area contributed by atoms with Gasteiger partial charge in [-0.05, 0) is 48.9 Å². The number of carbonyl (C=O) groups is 2. The highest BCUT2D eigenvalue weighted by molar-refractivity contribution is 9.10. The van der Waals surface area contributed by atoms with Crippen LogP contribution in [0.1, 0.15) is 19.8 Å². The van der Waals surface area contributed by atoms with Gasteiger partial charge < -0.3 is 16.0 Å². The van der Waals surface area contributed by atoms with Gasteiger partial charge in [0.15, 0.2) is 0 Å². The number of carbonyl (C=O) groups excluding carboxylic acids is 2. The number of hydrogen-bond acceptors (Lipinski definition) is 3. The Kier molecular flexibility index (Phi) is 6.81. The Labute approximate surface area is 150 Å². The summed E-state index contributed by atoms with van der Waals surface area (Å²) in [6.07, 6.45) is 1.28. The van der Waals surface area contributed by atoms with Gasteiger partial charge in [-0.25, -0.2) is 0 Å². The molecule has 0 saturated carbocycles. The highest BCUT2D eigenvalue weighted by atomic mass is 79.9. The molecule has 24 heavy (non-hydrogen) atoms. The fourth-order valence-corrected chi connectivity index (χ4v) is 2.34. The van der Waals surface area contributed by atoms with Crippen LogP contribution in [0.15, 0.2) is 53.0 Å². The Bertz CT molecular complexity index is 702. The molecular formula is C18H20BrN3O2. The van der Waals surface area contributed by atoms with Crippen molar-refractivity contribution in [3.05, 3.63) is 53.0 Å². The minimum atomic E-state index is -0.157. The number of nitrogens with one attached hydrogen (secondary N) is 3. The molecule has 0 bridgehead atoms. The quantitative estimate of drug-likeness (QED) is 0.663. The van der Waals surface area contributed by atoms with Crippen LogP contribution in [0.25, 0.3) is 0 Å². The maximum atomic E-state index is 12.0. The van der Waals surface area contributed by atoms with Gasteiger partial charge in [0.25, 0.3) is 0 Å². The van der Waals surface area contributed by atoms with Crippen molar-refractivity contribution < 1.29 is 9.59 Å². The molecule has 2 aromatic rings. The lowest BCUT2D eigenvalue weighted by atomic mass is 10.2. The first-order valence-electron chi connectivity index (χ1n) is 7.76. The van der Waals surface area contributed by atoms with E-state index >= 15 is 0 Å². The van der Waals surface area contributed by atoms with Crippen molar-refractivity contribution in [3.8, 4) is 0 Å². The summed E-state index contributed by atoms with van der Waals surface area (Å²) >= 11 is 3.37. The third kappa shape index (κ3) is 6.04. The van der Waals surface area contributed by atoms with Crippen LogP contribution < -0.4 is 16.0 Å². The molecule has 0 unspecified atom stereocenters. The Morgan fingerprint density at radius 1 is 0.917 bits per heavy atom. The Morgan fingerprint density at radius 3 is 2.17 bits per heavy atom. The Morgan fingerprint density at radius 2 is 1.54 bits per heavy atom. The summed E-state index contributed by atoms with van der Waals surface area (Å²) < 4.78 is 0.986. The van der Waals surface area contributed by atoms with Gasteiger partial charge in [-0.15, -0.1) is 0 Å². The van der Waals surface area contributed by atoms with Crippen LogP contribution in [0.2, 0.25) is 0 Å². The van der Waals surface area contributed by atoms with E-state index < -0.39 is 0 Å². The third-order valence-corrected chi connectivity index (χ3v) is 3.73. The maximum Gasteiger partial charge on any atom is 0.243 e. The molecule has 0 heterocycles. The van der Waals surface area contributed by atoms with Gasteiger partial charge in [0.2, 0.25) is 11.8 Å². The summed E-state index contributed by atoms with van der Waals surface area (Å²) in [5.74, 6) is -0.187. The molecule has 0 radical (unpaired) electrons. The van der Waals surface area contributed by atoms with Crippen LogP contribution in [-0.4, -0.2) is 18.4 Å². The van der Waals surface area contributed by atoms with Crippen molar-refractivity contribution in [2.24, 2.45) is 0 Å². The topological polar surface area (TPSA) is 70.2 Å². The summed E-state index contributed by atoms with van der Waals surface area (Å²) in [5, 5.41) is 8.67. The fraction of sp³-hybridized carbons (Fsp3) is 0.222. The van der Waals surface area contributed by atoms with Crippen molar-refractivity contribution in [1.29, 1.82) is 0 Å². The number of rotatable bonds is 7. The largest absolute Gasteiger partial charge is 0.376 e. The van der Waals surface area contributed by atoms with Crippen LogP contribution in [0.3, 0.4) is 0 Å². The van der Waals surface area contributed by atoms with Crippen LogP contribution in [-0.2, 0) is 9.59 Å². The van der Waals surface area contributed by atoms with Gasteiger partial charge >= 0.3 is 0 Å². The lowest BCUT2D eigenvalue weighted by Gasteiger charge is -2.10. The van der Waals surface area contributed by atoms with Gasteiger partial charge in [-0.1, -0.05) is 28.9 Å². The Hall–Kier alpha value is -2.34. The second kappa shape index (κ2) is 9.08. The lowest BCUT2D eigenvalue weighted by Crippen LogP contribution is -2.21. The van der Waals surface area contributed by atoms with Gasteiger partial charge in [-0.3, -0.25) is 9.59 Å². The van der Waals surface area contributed by atoms with Crippen LogP contribution >= 0.6 is 15.9 Å². The number of benzene rings is 2. The molecule has 0 spiro atoms. The van der Waals surface area contributed by atoms with Gasteiger partial charge in [0.1, 0.15) is 0 Å². The van der Waals surface area contributed by atoms with E-state index in [0.717, 1.165) is 16.6 Å². The molecular weight excluding hydrogens is 370 g/mol. The number of anilines is 3. The van der Waals surface area contributed by atoms with E-state index in [1.807, 2.05) is 31.2 Å². The molecule has 2 rings (SSSR count). The summed E-state index contributed by atoms with van der Waals surface area (Å²) in [4.78, 5) is 23.6. The molecule has 0 atom stereocenters. The van der Waals surface area contributed by atoms with Crippen molar-refractivity contribution in [2.45, 2.75) is 19.8 Å². The predicted molar refractivity (Wildman–Crippen MR) is 101 cm³/mol. The molecule has 0 aliphatic carbocycles. The average Bonchev–Trinajstić information content (AvgIpc) is 2.55. The fourth-order valence-electron chi connectivity index (χ4n) is 2.08. The molecule has 5 nitrogen and oxygen atoms in total. The lowest BCUT2D eigenvalue weighted by molar-refractivity contribution is -0.116. The zero-order valence-corrected chi connectivity index (χ0v) is 15.0. The molecule has 0 aromatic heterocycles. The van der Waals surface area contributed by atoms with E-state index in [0.29, 0.717) is 17.8 Å². The zero-order chi connectivity index (χ0) is 17.4. The maximum absolute atomic E-state index is 12.0. The van der Waals surface area contributed by atoms with Gasteiger partial charge in [0, 0.05) is 28.0 Å². The first kappa shape index (κ1) is 18.0. The minimum Gasteiger partial charge on any atom is -0.376 e.